The molecule has 2 aromatic heterocycles. The largest absolute Gasteiger partial charge is 0.497 e. The summed E-state index contributed by atoms with van der Waals surface area (Å²) >= 11 is 1.66. The molecule has 6 heteroatoms. The highest BCUT2D eigenvalue weighted by Crippen LogP contribution is 2.36. The molecular weight excluding hydrogens is 358 g/mol. The minimum absolute atomic E-state index is 0.689. The fourth-order valence-electron chi connectivity index (χ4n) is 2.89. The molecule has 27 heavy (non-hydrogen) atoms. The van der Waals surface area contributed by atoms with E-state index in [2.05, 4.69) is 18.3 Å². The molecule has 2 heterocycles. The van der Waals surface area contributed by atoms with E-state index >= 15 is 0 Å². The maximum absolute atomic E-state index is 5.49. The lowest BCUT2D eigenvalue weighted by molar-refractivity contribution is 0.405. The number of aromatic nitrogens is 2. The number of benzene rings is 2. The molecule has 2 aromatic carbocycles. The van der Waals surface area contributed by atoms with Crippen LogP contribution < -0.4 is 14.8 Å². The zero-order valence-corrected chi connectivity index (χ0v) is 16.1. The van der Waals surface area contributed by atoms with Crippen LogP contribution in [0, 0.1) is 6.92 Å². The van der Waals surface area contributed by atoms with Crippen molar-refractivity contribution in [2.75, 3.05) is 19.5 Å². The van der Waals surface area contributed by atoms with Crippen molar-refractivity contribution >= 4 is 33.1 Å². The summed E-state index contributed by atoms with van der Waals surface area (Å²) in [6.07, 6.45) is 0. The van der Waals surface area contributed by atoms with E-state index in [9.17, 15) is 0 Å². The number of aryl methyl sites for hydroxylation is 1. The maximum Gasteiger partial charge on any atom is 0.163 e. The fourth-order valence-corrected chi connectivity index (χ4v) is 3.77. The third-order valence-electron chi connectivity index (χ3n) is 4.21. The van der Waals surface area contributed by atoms with Crippen molar-refractivity contribution < 1.29 is 9.47 Å². The summed E-state index contributed by atoms with van der Waals surface area (Å²) < 4.78 is 10.8. The van der Waals surface area contributed by atoms with Gasteiger partial charge in [-0.15, -0.1) is 11.3 Å². The number of methoxy groups -OCH3 is 2. The normalized spacial score (nSPS) is 10.8. The summed E-state index contributed by atoms with van der Waals surface area (Å²) in [4.78, 5) is 11.7. The molecule has 5 nitrogen and oxygen atoms in total. The van der Waals surface area contributed by atoms with E-state index in [1.807, 2.05) is 48.5 Å². The molecule has 0 fully saturated rings. The van der Waals surface area contributed by atoms with E-state index in [0.29, 0.717) is 5.82 Å². The number of ether oxygens (including phenoxy) is 2. The van der Waals surface area contributed by atoms with Crippen molar-refractivity contribution in [2.45, 2.75) is 6.92 Å². The monoisotopic (exact) mass is 377 g/mol. The first kappa shape index (κ1) is 17.3. The van der Waals surface area contributed by atoms with Crippen molar-refractivity contribution in [1.29, 1.82) is 0 Å². The number of anilines is 2. The van der Waals surface area contributed by atoms with E-state index in [-0.39, 0.29) is 0 Å². The summed E-state index contributed by atoms with van der Waals surface area (Å²) in [5.41, 5.74) is 1.77. The van der Waals surface area contributed by atoms with Crippen molar-refractivity contribution in [3.8, 4) is 22.9 Å². The summed E-state index contributed by atoms with van der Waals surface area (Å²) in [5, 5.41) is 4.40. The molecule has 0 bridgehead atoms. The Morgan fingerprint density at radius 2 is 1.74 bits per heavy atom. The molecule has 0 atom stereocenters. The van der Waals surface area contributed by atoms with Crippen molar-refractivity contribution in [1.82, 2.24) is 9.97 Å². The Morgan fingerprint density at radius 3 is 2.48 bits per heavy atom. The molecule has 1 N–H and O–H groups in total. The average molecular weight is 377 g/mol. The molecule has 4 aromatic rings. The fraction of sp³-hybridized carbons (Fsp3) is 0.143. The first-order chi connectivity index (χ1) is 13.2. The van der Waals surface area contributed by atoms with Gasteiger partial charge < -0.3 is 14.8 Å². The first-order valence-corrected chi connectivity index (χ1v) is 9.32. The number of thiophene rings is 1. The van der Waals surface area contributed by atoms with Gasteiger partial charge in [0, 0.05) is 16.5 Å². The van der Waals surface area contributed by atoms with Crippen LogP contribution in [0.5, 0.6) is 11.5 Å². The Bertz CT molecular complexity index is 1090. The van der Waals surface area contributed by atoms with Crippen LogP contribution in [0.3, 0.4) is 0 Å². The van der Waals surface area contributed by atoms with Gasteiger partial charge in [0.1, 0.15) is 22.1 Å². The van der Waals surface area contributed by atoms with Gasteiger partial charge in [-0.25, -0.2) is 9.97 Å². The second kappa shape index (κ2) is 7.25. The maximum atomic E-state index is 5.49. The summed E-state index contributed by atoms with van der Waals surface area (Å²) in [6, 6.07) is 17.7. The SMILES string of the molecule is COc1ccc(OC)c(Nc2nc(-c3ccccc3)nc3sc(C)cc23)c1. The molecule has 0 unspecified atom stereocenters. The molecule has 0 saturated carbocycles. The van der Waals surface area contributed by atoms with Gasteiger partial charge in [-0.05, 0) is 25.1 Å². The molecule has 0 saturated heterocycles. The van der Waals surface area contributed by atoms with Gasteiger partial charge in [-0.1, -0.05) is 30.3 Å². The summed E-state index contributed by atoms with van der Waals surface area (Å²) in [6.45, 7) is 2.07. The van der Waals surface area contributed by atoms with E-state index in [0.717, 1.165) is 38.8 Å². The molecule has 0 amide bonds. The van der Waals surface area contributed by atoms with Crippen LogP contribution in [0.25, 0.3) is 21.6 Å². The average Bonchev–Trinajstić information content (AvgIpc) is 3.09. The molecule has 0 aliphatic carbocycles. The van der Waals surface area contributed by atoms with Gasteiger partial charge in [-0.2, -0.15) is 0 Å². The zero-order chi connectivity index (χ0) is 18.8. The van der Waals surface area contributed by atoms with Crippen LogP contribution in [0.15, 0.2) is 54.6 Å². The predicted molar refractivity (Wildman–Crippen MR) is 110 cm³/mol. The molecular formula is C21H19N3O2S. The number of nitrogens with one attached hydrogen (secondary N) is 1. The van der Waals surface area contributed by atoms with Crippen molar-refractivity contribution in [3.05, 3.63) is 59.5 Å². The number of fused-ring (bicyclic) bond motifs is 1. The third kappa shape index (κ3) is 3.44. The lowest BCUT2D eigenvalue weighted by atomic mass is 10.2. The van der Waals surface area contributed by atoms with E-state index in [1.54, 1.807) is 25.6 Å². The zero-order valence-electron chi connectivity index (χ0n) is 15.3. The van der Waals surface area contributed by atoms with Crippen molar-refractivity contribution in [2.24, 2.45) is 0 Å². The van der Waals surface area contributed by atoms with Gasteiger partial charge in [0.25, 0.3) is 0 Å². The van der Waals surface area contributed by atoms with Crippen LogP contribution >= 0.6 is 11.3 Å². The molecule has 0 spiro atoms. The molecule has 0 aliphatic heterocycles. The van der Waals surface area contributed by atoms with Gasteiger partial charge in [-0.3, -0.25) is 0 Å². The lowest BCUT2D eigenvalue weighted by Crippen LogP contribution is -2.00. The number of hydrogen-bond acceptors (Lipinski definition) is 6. The molecule has 4 rings (SSSR count). The highest BCUT2D eigenvalue weighted by atomic mass is 32.1. The van der Waals surface area contributed by atoms with Crippen LogP contribution in [0.4, 0.5) is 11.5 Å². The van der Waals surface area contributed by atoms with Crippen LogP contribution in [0.2, 0.25) is 0 Å². The minimum atomic E-state index is 0.689. The Hall–Kier alpha value is -3.12. The van der Waals surface area contributed by atoms with E-state index in [1.165, 1.54) is 4.88 Å². The Balaban J connectivity index is 1.86. The Morgan fingerprint density at radius 1 is 0.926 bits per heavy atom. The van der Waals surface area contributed by atoms with Gasteiger partial charge >= 0.3 is 0 Å². The highest BCUT2D eigenvalue weighted by Gasteiger charge is 2.14. The molecule has 0 radical (unpaired) electrons. The van der Waals surface area contributed by atoms with Crippen LogP contribution in [-0.4, -0.2) is 24.2 Å². The van der Waals surface area contributed by atoms with Crippen LogP contribution in [-0.2, 0) is 0 Å². The smallest absolute Gasteiger partial charge is 0.163 e. The topological polar surface area (TPSA) is 56.3 Å². The van der Waals surface area contributed by atoms with Gasteiger partial charge in [0.15, 0.2) is 5.82 Å². The van der Waals surface area contributed by atoms with Gasteiger partial charge in [0.2, 0.25) is 0 Å². The first-order valence-electron chi connectivity index (χ1n) is 8.50. The Labute approximate surface area is 161 Å². The predicted octanol–water partition coefficient (Wildman–Crippen LogP) is 5.43. The minimum Gasteiger partial charge on any atom is -0.497 e. The number of hydrogen-bond donors (Lipinski definition) is 1. The second-order valence-corrected chi connectivity index (χ2v) is 7.26. The van der Waals surface area contributed by atoms with E-state index < -0.39 is 0 Å². The van der Waals surface area contributed by atoms with Gasteiger partial charge in [0.05, 0.1) is 25.3 Å². The molecule has 136 valence electrons. The molecule has 0 aliphatic rings. The third-order valence-corrected chi connectivity index (χ3v) is 5.15. The van der Waals surface area contributed by atoms with Crippen molar-refractivity contribution in [3.63, 3.8) is 0 Å². The highest BCUT2D eigenvalue weighted by molar-refractivity contribution is 7.18. The lowest BCUT2D eigenvalue weighted by Gasteiger charge is -2.13. The van der Waals surface area contributed by atoms with E-state index in [4.69, 9.17) is 19.4 Å². The number of nitrogens with zero attached hydrogens (tertiary/aromatic N) is 2. The quantitative estimate of drug-likeness (QED) is 0.503. The summed E-state index contributed by atoms with van der Waals surface area (Å²) in [7, 11) is 3.29. The standard InChI is InChI=1S/C21H19N3O2S/c1-13-11-16-20(22-17-12-15(25-2)9-10-18(17)26-3)23-19(24-21(16)27-13)14-7-5-4-6-8-14/h4-12H,1-3H3,(H,22,23,24). The Kier molecular flexibility index (Phi) is 4.64. The number of rotatable bonds is 5. The van der Waals surface area contributed by atoms with Crippen LogP contribution in [0.1, 0.15) is 4.88 Å². The summed E-state index contributed by atoms with van der Waals surface area (Å²) in [5.74, 6) is 2.90. The second-order valence-electron chi connectivity index (χ2n) is 6.03.